The fourth-order valence-electron chi connectivity index (χ4n) is 1.59. The van der Waals surface area contributed by atoms with E-state index in [0.717, 1.165) is 12.1 Å². The fraction of sp³-hybridized carbons (Fsp3) is 0. The molecule has 1 aromatic carbocycles. The first kappa shape index (κ1) is 13.2. The second-order valence-corrected chi connectivity index (χ2v) is 3.77. The number of nitrogens with two attached hydrogens (primary N) is 1. The van der Waals surface area contributed by atoms with Gasteiger partial charge in [0.05, 0.1) is 10.6 Å². The molecule has 0 fully saturated rings. The molecule has 2 aromatic rings. The Morgan fingerprint density at radius 2 is 2.05 bits per heavy atom. The van der Waals surface area contributed by atoms with Crippen LogP contribution in [0.25, 0.3) is 5.69 Å². The molecule has 0 spiro atoms. The van der Waals surface area contributed by atoms with E-state index in [1.807, 2.05) is 0 Å². The zero-order valence-electron chi connectivity index (χ0n) is 9.89. The van der Waals surface area contributed by atoms with Gasteiger partial charge in [0.15, 0.2) is 0 Å². The number of aromatic carboxylic acids is 1. The van der Waals surface area contributed by atoms with Crippen LogP contribution in [-0.2, 0) is 0 Å². The molecule has 9 heteroatoms. The number of benzene rings is 1. The first-order valence-corrected chi connectivity index (χ1v) is 5.27. The molecule has 20 heavy (non-hydrogen) atoms. The zero-order valence-corrected chi connectivity index (χ0v) is 9.89. The highest BCUT2D eigenvalue weighted by Gasteiger charge is 2.20. The number of carboxylic acid groups (broad SMARTS) is 1. The number of carboxylic acids is 1. The highest BCUT2D eigenvalue weighted by molar-refractivity contribution is 5.93. The summed E-state index contributed by atoms with van der Waals surface area (Å²) in [6.45, 7) is 0. The van der Waals surface area contributed by atoms with Crippen LogP contribution >= 0.6 is 0 Å². The van der Waals surface area contributed by atoms with Crippen molar-refractivity contribution in [2.24, 2.45) is 5.73 Å². The average molecular weight is 276 g/mol. The summed E-state index contributed by atoms with van der Waals surface area (Å²) in [5, 5.41) is 23.6. The van der Waals surface area contributed by atoms with E-state index in [1.165, 1.54) is 23.0 Å². The van der Waals surface area contributed by atoms with Gasteiger partial charge in [-0.05, 0) is 18.2 Å². The molecule has 1 aromatic heterocycles. The van der Waals surface area contributed by atoms with Crippen LogP contribution in [0.2, 0.25) is 0 Å². The molecule has 2 rings (SSSR count). The van der Waals surface area contributed by atoms with E-state index in [0.29, 0.717) is 0 Å². The number of rotatable bonds is 4. The Balaban J connectivity index is 2.52. The molecule has 0 atom stereocenters. The van der Waals surface area contributed by atoms with Crippen LogP contribution in [0, 0.1) is 10.1 Å². The van der Waals surface area contributed by atoms with Crippen molar-refractivity contribution >= 4 is 17.6 Å². The summed E-state index contributed by atoms with van der Waals surface area (Å²) in [7, 11) is 0. The normalized spacial score (nSPS) is 10.2. The molecule has 0 radical (unpaired) electrons. The molecule has 0 aliphatic rings. The third-order valence-electron chi connectivity index (χ3n) is 2.51. The molecule has 0 bridgehead atoms. The number of nitro groups is 1. The van der Waals surface area contributed by atoms with Crippen LogP contribution < -0.4 is 5.73 Å². The minimum absolute atomic E-state index is 0.00466. The number of hydrogen-bond donors (Lipinski definition) is 2. The molecule has 9 nitrogen and oxygen atoms in total. The van der Waals surface area contributed by atoms with Gasteiger partial charge in [-0.1, -0.05) is 0 Å². The highest BCUT2D eigenvalue weighted by Crippen LogP contribution is 2.22. The lowest BCUT2D eigenvalue weighted by Gasteiger charge is -2.03. The van der Waals surface area contributed by atoms with Crippen molar-refractivity contribution in [2.45, 2.75) is 0 Å². The predicted molar refractivity (Wildman–Crippen MR) is 65.7 cm³/mol. The molecular weight excluding hydrogens is 268 g/mol. The van der Waals surface area contributed by atoms with Gasteiger partial charge in [-0.3, -0.25) is 14.9 Å². The van der Waals surface area contributed by atoms with E-state index in [9.17, 15) is 19.7 Å². The SMILES string of the molecule is NC(=O)c1ccn(-c2ccc(C(=O)O)c([N+](=O)[O-])c2)n1. The van der Waals surface area contributed by atoms with Crippen LogP contribution in [-0.4, -0.2) is 31.7 Å². The van der Waals surface area contributed by atoms with Crippen molar-refractivity contribution < 1.29 is 19.6 Å². The first-order chi connectivity index (χ1) is 9.40. The monoisotopic (exact) mass is 276 g/mol. The van der Waals surface area contributed by atoms with Crippen molar-refractivity contribution in [1.29, 1.82) is 0 Å². The van der Waals surface area contributed by atoms with Gasteiger partial charge in [0.25, 0.3) is 11.6 Å². The Morgan fingerprint density at radius 3 is 2.55 bits per heavy atom. The number of nitro benzene ring substituents is 1. The lowest BCUT2D eigenvalue weighted by Crippen LogP contribution is -2.12. The van der Waals surface area contributed by atoms with E-state index in [-0.39, 0.29) is 11.4 Å². The lowest BCUT2D eigenvalue weighted by atomic mass is 10.1. The molecular formula is C11H8N4O5. The molecule has 0 unspecified atom stereocenters. The topological polar surface area (TPSA) is 141 Å². The maximum absolute atomic E-state index is 10.9. The Labute approximate surface area is 111 Å². The van der Waals surface area contributed by atoms with Crippen molar-refractivity contribution in [1.82, 2.24) is 9.78 Å². The Kier molecular flexibility index (Phi) is 3.17. The molecule has 0 saturated carbocycles. The van der Waals surface area contributed by atoms with Gasteiger partial charge in [0, 0.05) is 12.3 Å². The minimum Gasteiger partial charge on any atom is -0.477 e. The predicted octanol–water partition coefficient (Wildman–Crippen LogP) is 0.578. The number of hydrogen-bond acceptors (Lipinski definition) is 5. The summed E-state index contributed by atoms with van der Waals surface area (Å²) in [4.78, 5) is 31.9. The fourth-order valence-corrected chi connectivity index (χ4v) is 1.59. The third-order valence-corrected chi connectivity index (χ3v) is 2.51. The van der Waals surface area contributed by atoms with E-state index < -0.39 is 28.1 Å². The largest absolute Gasteiger partial charge is 0.477 e. The number of amides is 1. The van der Waals surface area contributed by atoms with E-state index in [2.05, 4.69) is 5.10 Å². The number of carbonyl (C=O) groups is 2. The van der Waals surface area contributed by atoms with Crippen molar-refractivity contribution in [2.75, 3.05) is 0 Å². The van der Waals surface area contributed by atoms with Crippen molar-refractivity contribution in [3.05, 3.63) is 51.8 Å². The van der Waals surface area contributed by atoms with Crippen LogP contribution in [0.5, 0.6) is 0 Å². The molecule has 0 aliphatic heterocycles. The molecule has 1 amide bonds. The quantitative estimate of drug-likeness (QED) is 0.617. The summed E-state index contributed by atoms with van der Waals surface area (Å²) >= 11 is 0. The maximum atomic E-state index is 10.9. The lowest BCUT2D eigenvalue weighted by molar-refractivity contribution is -0.385. The van der Waals surface area contributed by atoms with Crippen LogP contribution in [0.4, 0.5) is 5.69 Å². The van der Waals surface area contributed by atoms with Gasteiger partial charge < -0.3 is 10.8 Å². The summed E-state index contributed by atoms with van der Waals surface area (Å²) < 4.78 is 1.19. The first-order valence-electron chi connectivity index (χ1n) is 5.27. The van der Waals surface area contributed by atoms with Gasteiger partial charge in [0.1, 0.15) is 11.3 Å². The Bertz CT molecular complexity index is 721. The van der Waals surface area contributed by atoms with E-state index in [1.54, 1.807) is 0 Å². The summed E-state index contributed by atoms with van der Waals surface area (Å²) in [5.41, 5.74) is 4.29. The van der Waals surface area contributed by atoms with Crippen LogP contribution in [0.1, 0.15) is 20.8 Å². The average Bonchev–Trinajstić information content (AvgIpc) is 2.87. The molecule has 3 N–H and O–H groups in total. The minimum atomic E-state index is -1.40. The zero-order chi connectivity index (χ0) is 14.9. The number of aromatic nitrogens is 2. The van der Waals surface area contributed by atoms with Crippen molar-refractivity contribution in [3.8, 4) is 5.69 Å². The molecule has 0 saturated heterocycles. The third kappa shape index (κ3) is 2.32. The maximum Gasteiger partial charge on any atom is 0.342 e. The standard InChI is InChI=1S/C11H8N4O5/c12-10(16)8-3-4-14(13-8)6-1-2-7(11(17)18)9(5-6)15(19)20/h1-5H,(H2,12,16)(H,17,18). The summed E-state index contributed by atoms with van der Waals surface area (Å²) in [6.07, 6.45) is 1.39. The van der Waals surface area contributed by atoms with Gasteiger partial charge in [-0.2, -0.15) is 5.10 Å². The van der Waals surface area contributed by atoms with E-state index >= 15 is 0 Å². The number of nitrogens with zero attached hydrogens (tertiary/aromatic N) is 3. The summed E-state index contributed by atoms with van der Waals surface area (Å²) in [6, 6.07) is 4.84. The second kappa shape index (κ2) is 4.80. The molecule has 102 valence electrons. The second-order valence-electron chi connectivity index (χ2n) is 3.77. The molecule has 1 heterocycles. The molecule has 0 aliphatic carbocycles. The Hall–Kier alpha value is -3.23. The van der Waals surface area contributed by atoms with Gasteiger partial charge >= 0.3 is 5.97 Å². The van der Waals surface area contributed by atoms with Gasteiger partial charge in [0.2, 0.25) is 0 Å². The summed E-state index contributed by atoms with van der Waals surface area (Å²) in [5.74, 6) is -2.14. The van der Waals surface area contributed by atoms with Crippen LogP contribution in [0.15, 0.2) is 30.5 Å². The van der Waals surface area contributed by atoms with E-state index in [4.69, 9.17) is 10.8 Å². The van der Waals surface area contributed by atoms with Crippen molar-refractivity contribution in [3.63, 3.8) is 0 Å². The number of carbonyl (C=O) groups excluding carboxylic acids is 1. The van der Waals surface area contributed by atoms with Crippen LogP contribution in [0.3, 0.4) is 0 Å². The number of primary amides is 1. The Morgan fingerprint density at radius 1 is 1.35 bits per heavy atom. The van der Waals surface area contributed by atoms with Gasteiger partial charge in [-0.25, -0.2) is 9.48 Å². The smallest absolute Gasteiger partial charge is 0.342 e. The van der Waals surface area contributed by atoms with Gasteiger partial charge in [-0.15, -0.1) is 0 Å². The highest BCUT2D eigenvalue weighted by atomic mass is 16.6.